The molecule has 0 unspecified atom stereocenters. The summed E-state index contributed by atoms with van der Waals surface area (Å²) in [6, 6.07) is 10.4. The van der Waals surface area contributed by atoms with Crippen molar-refractivity contribution in [2.75, 3.05) is 20.3 Å². The Labute approximate surface area is 188 Å². The first-order valence-electron chi connectivity index (χ1n) is 11.4. The number of nitrogens with zero attached hydrogens (tertiary/aromatic N) is 1. The van der Waals surface area contributed by atoms with Crippen LogP contribution in [0.5, 0.6) is 0 Å². The molecule has 2 saturated carbocycles. The van der Waals surface area contributed by atoms with Crippen LogP contribution in [0.25, 0.3) is 0 Å². The molecule has 7 heteroatoms. The van der Waals surface area contributed by atoms with Gasteiger partial charge in [-0.25, -0.2) is 0 Å². The summed E-state index contributed by atoms with van der Waals surface area (Å²) in [4.78, 5) is 38.8. The number of hydrogen-bond donors (Lipinski definition) is 2. The zero-order chi connectivity index (χ0) is 22.6. The molecule has 1 aromatic carbocycles. The Bertz CT molecular complexity index is 1020. The van der Waals surface area contributed by atoms with E-state index in [1.54, 1.807) is 11.7 Å². The van der Waals surface area contributed by atoms with Gasteiger partial charge in [-0.05, 0) is 31.2 Å². The first-order chi connectivity index (χ1) is 15.5. The van der Waals surface area contributed by atoms with Crippen LogP contribution in [-0.2, 0) is 16.7 Å². The van der Waals surface area contributed by atoms with Crippen molar-refractivity contribution in [2.45, 2.75) is 56.5 Å². The van der Waals surface area contributed by atoms with Crippen molar-refractivity contribution < 1.29 is 14.3 Å². The van der Waals surface area contributed by atoms with Gasteiger partial charge in [0.25, 0.3) is 11.8 Å². The van der Waals surface area contributed by atoms with Crippen LogP contribution in [0, 0.1) is 0 Å². The molecule has 0 bridgehead atoms. The van der Waals surface area contributed by atoms with E-state index in [1.807, 2.05) is 18.2 Å². The van der Waals surface area contributed by atoms with Crippen LogP contribution in [0.15, 0.2) is 47.5 Å². The van der Waals surface area contributed by atoms with Gasteiger partial charge in [0, 0.05) is 44.0 Å². The Morgan fingerprint density at radius 2 is 1.72 bits per heavy atom. The molecule has 2 aliphatic rings. The van der Waals surface area contributed by atoms with E-state index < -0.39 is 17.2 Å². The average Bonchev–Trinajstić information content (AvgIpc) is 3.49. The molecular formula is C25H31N3O4. The van der Waals surface area contributed by atoms with Crippen molar-refractivity contribution >= 4 is 11.8 Å². The number of hydrogen-bond acceptors (Lipinski definition) is 4. The van der Waals surface area contributed by atoms with E-state index in [1.165, 1.54) is 18.0 Å². The quantitative estimate of drug-likeness (QED) is 0.631. The van der Waals surface area contributed by atoms with Gasteiger partial charge in [-0.15, -0.1) is 0 Å². The Morgan fingerprint density at radius 3 is 2.34 bits per heavy atom. The number of pyridine rings is 1. The standard InChI is InChI=1S/C25H31N3O4/c1-32-14-13-28-15-20(22(29)21(16-28)24(31)27-19-9-10-19)23(30)26-17-25(11-5-6-12-25)18-7-3-2-4-8-18/h2-4,7-8,15-16,19H,5-6,9-14,17H2,1H3,(H,26,30)(H,27,31). The lowest BCUT2D eigenvalue weighted by Crippen LogP contribution is -2.41. The molecule has 7 nitrogen and oxygen atoms in total. The summed E-state index contributed by atoms with van der Waals surface area (Å²) >= 11 is 0. The highest BCUT2D eigenvalue weighted by Crippen LogP contribution is 2.40. The van der Waals surface area contributed by atoms with Crippen molar-refractivity contribution in [3.05, 3.63) is 69.6 Å². The van der Waals surface area contributed by atoms with Crippen molar-refractivity contribution in [3.8, 4) is 0 Å². The van der Waals surface area contributed by atoms with Gasteiger partial charge in [0.05, 0.1) is 6.61 Å². The van der Waals surface area contributed by atoms with Crippen molar-refractivity contribution in [1.82, 2.24) is 15.2 Å². The zero-order valence-corrected chi connectivity index (χ0v) is 18.6. The molecule has 0 saturated heterocycles. The highest BCUT2D eigenvalue weighted by Gasteiger charge is 2.36. The molecular weight excluding hydrogens is 406 g/mol. The van der Waals surface area contributed by atoms with E-state index in [0.29, 0.717) is 19.7 Å². The summed E-state index contributed by atoms with van der Waals surface area (Å²) in [5, 5.41) is 5.86. The SMILES string of the molecule is COCCn1cc(C(=O)NCC2(c3ccccc3)CCCC2)c(=O)c(C(=O)NC2CC2)c1. The topological polar surface area (TPSA) is 89.4 Å². The second kappa shape index (κ2) is 9.69. The van der Waals surface area contributed by atoms with Crippen molar-refractivity contribution in [1.29, 1.82) is 0 Å². The highest BCUT2D eigenvalue weighted by atomic mass is 16.5. The number of ether oxygens (including phenoxy) is 1. The van der Waals surface area contributed by atoms with Crippen LogP contribution in [-0.4, -0.2) is 42.7 Å². The summed E-state index contributed by atoms with van der Waals surface area (Å²) < 4.78 is 6.81. The maximum absolute atomic E-state index is 13.1. The summed E-state index contributed by atoms with van der Waals surface area (Å²) in [5.41, 5.74) is 0.555. The van der Waals surface area contributed by atoms with Gasteiger partial charge in [0.15, 0.2) is 0 Å². The van der Waals surface area contributed by atoms with E-state index in [0.717, 1.165) is 38.5 Å². The third-order valence-corrected chi connectivity index (χ3v) is 6.57. The van der Waals surface area contributed by atoms with E-state index in [9.17, 15) is 14.4 Å². The molecule has 2 amide bonds. The highest BCUT2D eigenvalue weighted by molar-refractivity contribution is 5.99. The molecule has 1 aromatic heterocycles. The second-order valence-corrected chi connectivity index (χ2v) is 8.93. The van der Waals surface area contributed by atoms with Gasteiger partial charge in [0.1, 0.15) is 11.1 Å². The average molecular weight is 438 g/mol. The molecule has 0 aliphatic heterocycles. The molecule has 2 aromatic rings. The molecule has 0 radical (unpaired) electrons. The summed E-state index contributed by atoms with van der Waals surface area (Å²) in [6.45, 7) is 1.31. The predicted octanol–water partition coefficient (Wildman–Crippen LogP) is 2.63. The first-order valence-corrected chi connectivity index (χ1v) is 11.4. The number of amides is 2. The number of nitrogens with one attached hydrogen (secondary N) is 2. The Hall–Kier alpha value is -2.93. The summed E-state index contributed by atoms with van der Waals surface area (Å²) in [7, 11) is 1.58. The molecule has 1 heterocycles. The van der Waals surface area contributed by atoms with Crippen LogP contribution in [0.1, 0.15) is 64.8 Å². The van der Waals surface area contributed by atoms with Crippen molar-refractivity contribution in [2.24, 2.45) is 0 Å². The number of carbonyl (C=O) groups excluding carboxylic acids is 2. The molecule has 2 N–H and O–H groups in total. The van der Waals surface area contributed by atoms with E-state index >= 15 is 0 Å². The summed E-state index contributed by atoms with van der Waals surface area (Å²) in [6.07, 6.45) is 9.11. The normalized spacial score (nSPS) is 17.2. The largest absolute Gasteiger partial charge is 0.383 e. The second-order valence-electron chi connectivity index (χ2n) is 8.93. The smallest absolute Gasteiger partial charge is 0.256 e. The van der Waals surface area contributed by atoms with Gasteiger partial charge < -0.3 is 19.9 Å². The van der Waals surface area contributed by atoms with Crippen molar-refractivity contribution in [3.63, 3.8) is 0 Å². The van der Waals surface area contributed by atoms with Crippen LogP contribution in [0.4, 0.5) is 0 Å². The van der Waals surface area contributed by atoms with Gasteiger partial charge in [-0.1, -0.05) is 43.2 Å². The zero-order valence-electron chi connectivity index (χ0n) is 18.6. The monoisotopic (exact) mass is 437 g/mol. The fourth-order valence-corrected chi connectivity index (χ4v) is 4.53. The van der Waals surface area contributed by atoms with Gasteiger partial charge in [-0.3, -0.25) is 14.4 Å². The molecule has 0 atom stereocenters. The maximum Gasteiger partial charge on any atom is 0.256 e. The van der Waals surface area contributed by atoms with Crippen LogP contribution in [0.2, 0.25) is 0 Å². The Balaban J connectivity index is 1.57. The fraction of sp³-hybridized carbons (Fsp3) is 0.480. The minimum atomic E-state index is -0.533. The molecule has 4 rings (SSSR count). The fourth-order valence-electron chi connectivity index (χ4n) is 4.53. The predicted molar refractivity (Wildman–Crippen MR) is 122 cm³/mol. The number of carbonyl (C=O) groups is 2. The maximum atomic E-state index is 13.1. The van der Waals surface area contributed by atoms with Crippen LogP contribution < -0.4 is 16.1 Å². The molecule has 2 aliphatic carbocycles. The van der Waals surface area contributed by atoms with Crippen LogP contribution in [0.3, 0.4) is 0 Å². The number of rotatable bonds is 9. The summed E-state index contributed by atoms with van der Waals surface area (Å²) in [5.74, 6) is -0.862. The molecule has 0 spiro atoms. The van der Waals surface area contributed by atoms with E-state index in [-0.39, 0.29) is 22.6 Å². The number of aromatic nitrogens is 1. The minimum Gasteiger partial charge on any atom is -0.383 e. The molecule has 170 valence electrons. The van der Waals surface area contributed by atoms with Gasteiger partial charge in [-0.2, -0.15) is 0 Å². The Kier molecular flexibility index (Phi) is 6.74. The number of methoxy groups -OCH3 is 1. The minimum absolute atomic E-state index is 0.000655. The lowest BCUT2D eigenvalue weighted by Gasteiger charge is -2.30. The lowest BCUT2D eigenvalue weighted by atomic mass is 9.79. The van der Waals surface area contributed by atoms with E-state index in [2.05, 4.69) is 22.8 Å². The third-order valence-electron chi connectivity index (χ3n) is 6.57. The van der Waals surface area contributed by atoms with Crippen LogP contribution >= 0.6 is 0 Å². The first kappa shape index (κ1) is 22.3. The van der Waals surface area contributed by atoms with E-state index in [4.69, 9.17) is 4.74 Å². The third kappa shape index (κ3) is 4.93. The Morgan fingerprint density at radius 1 is 1.06 bits per heavy atom. The lowest BCUT2D eigenvalue weighted by molar-refractivity contribution is 0.0940. The molecule has 32 heavy (non-hydrogen) atoms. The van der Waals surface area contributed by atoms with Gasteiger partial charge in [0.2, 0.25) is 5.43 Å². The number of benzene rings is 1. The molecule has 2 fully saturated rings. The van der Waals surface area contributed by atoms with Gasteiger partial charge >= 0.3 is 0 Å².